The summed E-state index contributed by atoms with van der Waals surface area (Å²) in [6.45, 7) is 5.02. The standard InChI is InChI=1S/C15H20ClN3/c1-10(2)19-13-11(16)5-3-6-12(13)18-14(19)15(9-17)7-4-8-15/h3,5-6,10H,4,7-9,17H2,1-2H3. The topological polar surface area (TPSA) is 43.8 Å². The molecule has 3 nitrogen and oxygen atoms in total. The van der Waals surface area contributed by atoms with E-state index in [1.807, 2.05) is 18.2 Å². The molecular weight excluding hydrogens is 258 g/mol. The van der Waals surface area contributed by atoms with Crippen LogP contribution in [0.5, 0.6) is 0 Å². The molecule has 0 aliphatic heterocycles. The fourth-order valence-corrected chi connectivity index (χ4v) is 3.37. The van der Waals surface area contributed by atoms with Crippen molar-refractivity contribution in [3.05, 3.63) is 29.0 Å². The van der Waals surface area contributed by atoms with Gasteiger partial charge in [-0.25, -0.2) is 4.98 Å². The second-order valence-corrected chi connectivity index (χ2v) is 6.25. The van der Waals surface area contributed by atoms with Crippen LogP contribution in [-0.4, -0.2) is 16.1 Å². The third-order valence-corrected chi connectivity index (χ3v) is 4.66. The molecule has 0 unspecified atom stereocenters. The van der Waals surface area contributed by atoms with E-state index >= 15 is 0 Å². The minimum absolute atomic E-state index is 0.0621. The monoisotopic (exact) mass is 277 g/mol. The lowest BCUT2D eigenvalue weighted by molar-refractivity contribution is 0.228. The molecule has 102 valence electrons. The molecule has 19 heavy (non-hydrogen) atoms. The maximum absolute atomic E-state index is 6.38. The molecule has 3 rings (SSSR count). The molecule has 4 heteroatoms. The lowest BCUT2D eigenvalue weighted by atomic mass is 9.68. The van der Waals surface area contributed by atoms with E-state index in [2.05, 4.69) is 18.4 Å². The number of halogens is 1. The van der Waals surface area contributed by atoms with Crippen LogP contribution >= 0.6 is 11.6 Å². The van der Waals surface area contributed by atoms with Crippen molar-refractivity contribution in [2.24, 2.45) is 5.73 Å². The molecule has 1 aromatic heterocycles. The first-order valence-electron chi connectivity index (χ1n) is 6.96. The molecule has 0 radical (unpaired) electrons. The zero-order valence-electron chi connectivity index (χ0n) is 11.5. The highest BCUT2D eigenvalue weighted by molar-refractivity contribution is 6.35. The molecule has 0 atom stereocenters. The summed E-state index contributed by atoms with van der Waals surface area (Å²) in [6.07, 6.45) is 3.51. The van der Waals surface area contributed by atoms with E-state index < -0.39 is 0 Å². The summed E-state index contributed by atoms with van der Waals surface area (Å²) in [5.41, 5.74) is 8.14. The van der Waals surface area contributed by atoms with Gasteiger partial charge in [0.25, 0.3) is 0 Å². The van der Waals surface area contributed by atoms with E-state index in [1.165, 1.54) is 6.42 Å². The minimum atomic E-state index is 0.0621. The van der Waals surface area contributed by atoms with Gasteiger partial charge in [-0.3, -0.25) is 0 Å². The fourth-order valence-electron chi connectivity index (χ4n) is 3.11. The molecule has 1 fully saturated rings. The van der Waals surface area contributed by atoms with Gasteiger partial charge in [0, 0.05) is 18.0 Å². The summed E-state index contributed by atoms with van der Waals surface area (Å²) in [4.78, 5) is 4.86. The van der Waals surface area contributed by atoms with Gasteiger partial charge in [0.15, 0.2) is 0 Å². The molecule has 0 saturated heterocycles. The molecule has 0 spiro atoms. The first-order valence-corrected chi connectivity index (χ1v) is 7.34. The van der Waals surface area contributed by atoms with Crippen LogP contribution in [0.25, 0.3) is 11.0 Å². The lowest BCUT2D eigenvalue weighted by Gasteiger charge is -2.41. The average Bonchev–Trinajstić information content (AvgIpc) is 2.69. The van der Waals surface area contributed by atoms with Crippen LogP contribution in [0.1, 0.15) is 45.0 Å². The summed E-state index contributed by atoms with van der Waals surface area (Å²) < 4.78 is 2.28. The van der Waals surface area contributed by atoms with E-state index in [4.69, 9.17) is 22.3 Å². The highest BCUT2D eigenvalue weighted by Gasteiger charge is 2.42. The van der Waals surface area contributed by atoms with Crippen molar-refractivity contribution in [2.45, 2.75) is 44.6 Å². The van der Waals surface area contributed by atoms with Crippen LogP contribution in [-0.2, 0) is 5.41 Å². The van der Waals surface area contributed by atoms with Crippen molar-refractivity contribution in [1.29, 1.82) is 0 Å². The Morgan fingerprint density at radius 2 is 2.16 bits per heavy atom. The predicted octanol–water partition coefficient (Wildman–Crippen LogP) is 3.65. The van der Waals surface area contributed by atoms with Crippen molar-refractivity contribution in [3.63, 3.8) is 0 Å². The molecule has 0 bridgehead atoms. The smallest absolute Gasteiger partial charge is 0.117 e. The summed E-state index contributed by atoms with van der Waals surface area (Å²) in [7, 11) is 0. The van der Waals surface area contributed by atoms with Gasteiger partial charge in [0.05, 0.1) is 16.1 Å². The zero-order chi connectivity index (χ0) is 13.6. The molecule has 1 aliphatic rings. The number of hydrogen-bond donors (Lipinski definition) is 1. The van der Waals surface area contributed by atoms with Gasteiger partial charge in [0.1, 0.15) is 5.82 Å². The third-order valence-electron chi connectivity index (χ3n) is 4.35. The minimum Gasteiger partial charge on any atom is -0.329 e. The van der Waals surface area contributed by atoms with Crippen LogP contribution in [0.3, 0.4) is 0 Å². The summed E-state index contributed by atoms with van der Waals surface area (Å²) in [5, 5.41) is 0.774. The Morgan fingerprint density at radius 3 is 2.68 bits per heavy atom. The Hall–Kier alpha value is -1.06. The number of benzene rings is 1. The zero-order valence-corrected chi connectivity index (χ0v) is 12.2. The quantitative estimate of drug-likeness (QED) is 0.931. The van der Waals surface area contributed by atoms with Gasteiger partial charge >= 0.3 is 0 Å². The predicted molar refractivity (Wildman–Crippen MR) is 79.7 cm³/mol. The fraction of sp³-hybridized carbons (Fsp3) is 0.533. The molecule has 1 aliphatic carbocycles. The van der Waals surface area contributed by atoms with Gasteiger partial charge in [-0.15, -0.1) is 0 Å². The van der Waals surface area contributed by atoms with Crippen LogP contribution in [0.4, 0.5) is 0 Å². The first kappa shape index (κ1) is 12.9. The van der Waals surface area contributed by atoms with E-state index in [-0.39, 0.29) is 5.41 Å². The Labute approximate surface area is 118 Å². The Kier molecular flexibility index (Phi) is 3.06. The molecule has 1 heterocycles. The van der Waals surface area contributed by atoms with Gasteiger partial charge < -0.3 is 10.3 Å². The number of nitrogens with two attached hydrogens (primary N) is 1. The van der Waals surface area contributed by atoms with Gasteiger partial charge in [-0.2, -0.15) is 0 Å². The summed E-state index contributed by atoms with van der Waals surface area (Å²) >= 11 is 6.38. The van der Waals surface area contributed by atoms with Crippen LogP contribution in [0.15, 0.2) is 18.2 Å². The molecule has 2 N–H and O–H groups in total. The van der Waals surface area contributed by atoms with Crippen LogP contribution < -0.4 is 5.73 Å². The van der Waals surface area contributed by atoms with E-state index in [1.54, 1.807) is 0 Å². The molecule has 1 saturated carbocycles. The average molecular weight is 278 g/mol. The third kappa shape index (κ3) is 1.79. The molecule has 0 amide bonds. The number of imidazole rings is 1. The summed E-state index contributed by atoms with van der Waals surface area (Å²) in [6, 6.07) is 6.27. The second kappa shape index (κ2) is 4.50. The number of hydrogen-bond acceptors (Lipinski definition) is 2. The Balaban J connectivity index is 2.30. The number of aromatic nitrogens is 2. The normalized spacial score (nSPS) is 17.9. The largest absolute Gasteiger partial charge is 0.329 e. The molecule has 2 aromatic rings. The van der Waals surface area contributed by atoms with Crippen LogP contribution in [0.2, 0.25) is 5.02 Å². The van der Waals surface area contributed by atoms with Crippen molar-refractivity contribution < 1.29 is 0 Å². The van der Waals surface area contributed by atoms with Crippen molar-refractivity contribution in [1.82, 2.24) is 9.55 Å². The number of fused-ring (bicyclic) bond motifs is 1. The SMILES string of the molecule is CC(C)n1c(C2(CN)CCC2)nc2cccc(Cl)c21. The van der Waals surface area contributed by atoms with Gasteiger partial charge in [-0.05, 0) is 38.8 Å². The number of nitrogens with zero attached hydrogens (tertiary/aromatic N) is 2. The van der Waals surface area contributed by atoms with Crippen molar-refractivity contribution in [3.8, 4) is 0 Å². The van der Waals surface area contributed by atoms with E-state index in [0.29, 0.717) is 12.6 Å². The highest BCUT2D eigenvalue weighted by atomic mass is 35.5. The second-order valence-electron chi connectivity index (χ2n) is 5.84. The van der Waals surface area contributed by atoms with Crippen molar-refractivity contribution in [2.75, 3.05) is 6.54 Å². The van der Waals surface area contributed by atoms with Crippen LogP contribution in [0, 0.1) is 0 Å². The number of para-hydroxylation sites is 1. The number of rotatable bonds is 3. The Morgan fingerprint density at radius 1 is 1.42 bits per heavy atom. The summed E-state index contributed by atoms with van der Waals surface area (Å²) in [5.74, 6) is 1.12. The molecule has 1 aromatic carbocycles. The van der Waals surface area contributed by atoms with Gasteiger partial charge in [-0.1, -0.05) is 24.1 Å². The van der Waals surface area contributed by atoms with E-state index in [9.17, 15) is 0 Å². The van der Waals surface area contributed by atoms with Crippen molar-refractivity contribution >= 4 is 22.6 Å². The first-order chi connectivity index (χ1) is 9.09. The Bertz CT molecular complexity index is 606. The lowest BCUT2D eigenvalue weighted by Crippen LogP contribution is -2.44. The van der Waals surface area contributed by atoms with Gasteiger partial charge in [0.2, 0.25) is 0 Å². The van der Waals surface area contributed by atoms with E-state index in [0.717, 1.165) is 34.7 Å². The maximum Gasteiger partial charge on any atom is 0.117 e. The highest BCUT2D eigenvalue weighted by Crippen LogP contribution is 2.44. The molecular formula is C15H20ClN3. The maximum atomic E-state index is 6.38.